The van der Waals surface area contributed by atoms with E-state index in [-0.39, 0.29) is 12.3 Å². The standard InChI is InChI=1S/C24H37NO4/c1-3-4-5-6-7-8-9-10-11-16-21-17-12-13-18-22(21)24(28)25(29-2)20-15-14-19-23(26)27/h11-13,16-18H,3-10,14-15,19-20H2,1-2H3,(H,26,27)/b16-11+. The number of hydrogen-bond donors (Lipinski definition) is 1. The lowest BCUT2D eigenvalue weighted by atomic mass is 10.0. The molecule has 0 aliphatic rings. The van der Waals surface area contributed by atoms with Gasteiger partial charge in [0.2, 0.25) is 0 Å². The number of carboxylic acids is 1. The number of carbonyl (C=O) groups excluding carboxylic acids is 1. The Hall–Kier alpha value is -2.14. The Balaban J connectivity index is 2.51. The van der Waals surface area contributed by atoms with Gasteiger partial charge in [0.05, 0.1) is 7.11 Å². The van der Waals surface area contributed by atoms with Crippen molar-refractivity contribution < 1.29 is 19.5 Å². The van der Waals surface area contributed by atoms with Crippen LogP contribution >= 0.6 is 0 Å². The van der Waals surface area contributed by atoms with E-state index in [1.165, 1.54) is 57.1 Å². The smallest absolute Gasteiger partial charge is 0.303 e. The second-order valence-electron chi connectivity index (χ2n) is 7.34. The molecule has 0 aromatic heterocycles. The van der Waals surface area contributed by atoms with E-state index in [2.05, 4.69) is 13.0 Å². The summed E-state index contributed by atoms with van der Waals surface area (Å²) in [7, 11) is 1.47. The van der Waals surface area contributed by atoms with Gasteiger partial charge in [0, 0.05) is 18.5 Å². The summed E-state index contributed by atoms with van der Waals surface area (Å²) in [6.45, 7) is 2.61. The average molecular weight is 404 g/mol. The molecule has 0 heterocycles. The van der Waals surface area contributed by atoms with Crippen LogP contribution in [0.1, 0.15) is 93.5 Å². The number of hydrogen-bond acceptors (Lipinski definition) is 3. The number of carbonyl (C=O) groups is 2. The Morgan fingerprint density at radius 3 is 2.38 bits per heavy atom. The number of amides is 1. The second-order valence-corrected chi connectivity index (χ2v) is 7.34. The summed E-state index contributed by atoms with van der Waals surface area (Å²) in [6.07, 6.45) is 15.4. The predicted molar refractivity (Wildman–Crippen MR) is 118 cm³/mol. The molecular weight excluding hydrogens is 366 g/mol. The third kappa shape index (κ3) is 10.8. The second kappa shape index (κ2) is 15.7. The summed E-state index contributed by atoms with van der Waals surface area (Å²) in [6, 6.07) is 7.51. The number of carboxylic acid groups (broad SMARTS) is 1. The zero-order chi connectivity index (χ0) is 21.3. The van der Waals surface area contributed by atoms with Crippen molar-refractivity contribution in [3.8, 4) is 0 Å². The van der Waals surface area contributed by atoms with Crippen LogP contribution in [0.3, 0.4) is 0 Å². The van der Waals surface area contributed by atoms with Crippen LogP contribution in [0, 0.1) is 0 Å². The fourth-order valence-corrected chi connectivity index (χ4v) is 3.21. The molecule has 0 fully saturated rings. The highest BCUT2D eigenvalue weighted by Crippen LogP contribution is 2.16. The molecule has 0 atom stereocenters. The third-order valence-electron chi connectivity index (χ3n) is 4.91. The zero-order valence-corrected chi connectivity index (χ0v) is 18.1. The molecule has 0 radical (unpaired) electrons. The number of aliphatic carboxylic acids is 1. The van der Waals surface area contributed by atoms with Crippen molar-refractivity contribution in [2.75, 3.05) is 13.7 Å². The molecule has 0 saturated heterocycles. The monoisotopic (exact) mass is 403 g/mol. The van der Waals surface area contributed by atoms with E-state index < -0.39 is 5.97 Å². The molecule has 5 heteroatoms. The zero-order valence-electron chi connectivity index (χ0n) is 18.1. The first kappa shape index (κ1) is 24.9. The maximum atomic E-state index is 12.8. The number of rotatable bonds is 16. The van der Waals surface area contributed by atoms with Crippen molar-refractivity contribution in [3.05, 3.63) is 41.5 Å². The predicted octanol–water partition coefficient (Wildman–Crippen LogP) is 6.10. The van der Waals surface area contributed by atoms with Crippen molar-refractivity contribution in [3.63, 3.8) is 0 Å². The van der Waals surface area contributed by atoms with Gasteiger partial charge in [0.1, 0.15) is 0 Å². The molecule has 162 valence electrons. The van der Waals surface area contributed by atoms with E-state index in [0.29, 0.717) is 24.9 Å². The molecule has 0 spiro atoms. The van der Waals surface area contributed by atoms with Gasteiger partial charge in [-0.3, -0.25) is 14.4 Å². The first-order chi connectivity index (χ1) is 14.1. The molecule has 29 heavy (non-hydrogen) atoms. The normalized spacial score (nSPS) is 11.1. The van der Waals surface area contributed by atoms with Gasteiger partial charge in [-0.15, -0.1) is 0 Å². The van der Waals surface area contributed by atoms with Crippen LogP contribution in [-0.2, 0) is 9.63 Å². The molecule has 1 rings (SSSR count). The number of hydroxylamine groups is 2. The van der Waals surface area contributed by atoms with Crippen LogP contribution in [0.4, 0.5) is 0 Å². The van der Waals surface area contributed by atoms with E-state index >= 15 is 0 Å². The number of nitrogens with zero attached hydrogens (tertiary/aromatic N) is 1. The molecule has 0 aliphatic heterocycles. The molecule has 0 aliphatic carbocycles. The van der Waals surface area contributed by atoms with Gasteiger partial charge in [-0.25, -0.2) is 5.06 Å². The highest BCUT2D eigenvalue weighted by Gasteiger charge is 2.17. The SMILES string of the molecule is CCCCCCCCC/C=C/c1ccccc1C(=O)N(CCCCC(=O)O)OC. The number of allylic oxidation sites excluding steroid dienone is 1. The maximum absolute atomic E-state index is 12.8. The molecule has 1 N–H and O–H groups in total. The molecule has 0 unspecified atom stereocenters. The summed E-state index contributed by atoms with van der Waals surface area (Å²) in [5.41, 5.74) is 1.48. The van der Waals surface area contributed by atoms with Gasteiger partial charge in [-0.2, -0.15) is 0 Å². The minimum atomic E-state index is -0.822. The Labute approximate surface area is 175 Å². The summed E-state index contributed by atoms with van der Waals surface area (Å²) in [4.78, 5) is 28.7. The van der Waals surface area contributed by atoms with Gasteiger partial charge >= 0.3 is 5.97 Å². The molecular formula is C24H37NO4. The Bertz CT molecular complexity index is 627. The summed E-state index contributed by atoms with van der Waals surface area (Å²) in [5, 5.41) is 10.0. The van der Waals surface area contributed by atoms with Gasteiger partial charge in [0.25, 0.3) is 5.91 Å². The van der Waals surface area contributed by atoms with Crippen molar-refractivity contribution in [2.45, 2.75) is 77.6 Å². The van der Waals surface area contributed by atoms with E-state index in [1.807, 2.05) is 24.3 Å². The molecule has 1 aromatic rings. The van der Waals surface area contributed by atoms with Crippen LogP contribution in [-0.4, -0.2) is 35.7 Å². The fraction of sp³-hybridized carbons (Fsp3) is 0.583. The van der Waals surface area contributed by atoms with E-state index in [9.17, 15) is 9.59 Å². The van der Waals surface area contributed by atoms with Crippen molar-refractivity contribution in [1.82, 2.24) is 5.06 Å². The van der Waals surface area contributed by atoms with Crippen LogP contribution in [0.15, 0.2) is 30.3 Å². The van der Waals surface area contributed by atoms with Crippen molar-refractivity contribution in [1.29, 1.82) is 0 Å². The minimum absolute atomic E-state index is 0.101. The maximum Gasteiger partial charge on any atom is 0.303 e. The topological polar surface area (TPSA) is 66.8 Å². The van der Waals surface area contributed by atoms with Gasteiger partial charge in [-0.1, -0.05) is 75.8 Å². The first-order valence-electron chi connectivity index (χ1n) is 10.9. The Morgan fingerprint density at radius 1 is 1.00 bits per heavy atom. The van der Waals surface area contributed by atoms with Crippen LogP contribution < -0.4 is 0 Å². The molecule has 5 nitrogen and oxygen atoms in total. The lowest BCUT2D eigenvalue weighted by Gasteiger charge is -2.20. The number of benzene rings is 1. The average Bonchev–Trinajstić information content (AvgIpc) is 2.72. The lowest BCUT2D eigenvalue weighted by molar-refractivity contribution is -0.137. The van der Waals surface area contributed by atoms with Gasteiger partial charge in [-0.05, 0) is 37.3 Å². The van der Waals surface area contributed by atoms with E-state index in [0.717, 1.165) is 12.0 Å². The van der Waals surface area contributed by atoms with Gasteiger partial charge < -0.3 is 5.11 Å². The quantitative estimate of drug-likeness (QED) is 0.267. The summed E-state index contributed by atoms with van der Waals surface area (Å²) >= 11 is 0. The summed E-state index contributed by atoms with van der Waals surface area (Å²) < 4.78 is 0. The molecule has 1 aromatic carbocycles. The largest absolute Gasteiger partial charge is 0.481 e. The van der Waals surface area contributed by atoms with Crippen molar-refractivity contribution in [2.24, 2.45) is 0 Å². The molecule has 0 saturated carbocycles. The van der Waals surface area contributed by atoms with Crippen molar-refractivity contribution >= 4 is 18.0 Å². The van der Waals surface area contributed by atoms with Crippen LogP contribution in [0.5, 0.6) is 0 Å². The van der Waals surface area contributed by atoms with Crippen LogP contribution in [0.2, 0.25) is 0 Å². The molecule has 0 bridgehead atoms. The van der Waals surface area contributed by atoms with Gasteiger partial charge in [0.15, 0.2) is 0 Å². The highest BCUT2D eigenvalue weighted by atomic mass is 16.7. The van der Waals surface area contributed by atoms with E-state index in [1.54, 1.807) is 6.07 Å². The fourth-order valence-electron chi connectivity index (χ4n) is 3.21. The minimum Gasteiger partial charge on any atom is -0.481 e. The lowest BCUT2D eigenvalue weighted by Crippen LogP contribution is -2.31. The molecule has 1 amide bonds. The highest BCUT2D eigenvalue weighted by molar-refractivity contribution is 5.97. The third-order valence-corrected chi connectivity index (χ3v) is 4.91. The summed E-state index contributed by atoms with van der Waals surface area (Å²) in [5.74, 6) is -1.02. The van der Waals surface area contributed by atoms with Crippen LogP contribution in [0.25, 0.3) is 6.08 Å². The first-order valence-corrected chi connectivity index (χ1v) is 10.9. The Kier molecular flexibility index (Phi) is 13.5. The number of unbranched alkanes of at least 4 members (excludes halogenated alkanes) is 8. The van der Waals surface area contributed by atoms with E-state index in [4.69, 9.17) is 9.94 Å². The Morgan fingerprint density at radius 2 is 1.69 bits per heavy atom.